The Bertz CT molecular complexity index is 1200. The second-order valence-electron chi connectivity index (χ2n) is 9.24. The summed E-state index contributed by atoms with van der Waals surface area (Å²) in [5.41, 5.74) is 13.4. The molecule has 2 fully saturated rings. The first kappa shape index (κ1) is 26.8. The molecule has 11 heteroatoms. The summed E-state index contributed by atoms with van der Waals surface area (Å²) in [6, 6.07) is 15.5. The van der Waals surface area contributed by atoms with Crippen molar-refractivity contribution in [3.63, 3.8) is 0 Å². The zero-order valence-corrected chi connectivity index (χ0v) is 20.9. The number of benzene rings is 2. The topological polar surface area (TPSA) is 166 Å². The number of nitrogens with two attached hydrogens (primary N) is 2. The lowest BCUT2D eigenvalue weighted by Gasteiger charge is -2.41. The number of aliphatic imine (C=N–C) groups is 1. The van der Waals surface area contributed by atoms with E-state index in [1.807, 2.05) is 30.3 Å². The van der Waals surface area contributed by atoms with Gasteiger partial charge in [0, 0.05) is 24.6 Å². The maximum absolute atomic E-state index is 12.9. The van der Waals surface area contributed by atoms with E-state index in [2.05, 4.69) is 10.3 Å². The third-order valence-corrected chi connectivity index (χ3v) is 6.46. The third-order valence-electron chi connectivity index (χ3n) is 6.46. The summed E-state index contributed by atoms with van der Waals surface area (Å²) >= 11 is 0. The van der Waals surface area contributed by atoms with Gasteiger partial charge in [-0.1, -0.05) is 54.6 Å². The van der Waals surface area contributed by atoms with Crippen molar-refractivity contribution in [2.45, 2.75) is 44.6 Å². The Morgan fingerprint density at radius 3 is 2.32 bits per heavy atom. The Kier molecular flexibility index (Phi) is 8.70. The number of carbonyl (C=O) groups is 4. The first-order valence-electron chi connectivity index (χ1n) is 12.5. The Morgan fingerprint density at radius 2 is 1.71 bits per heavy atom. The molecule has 2 atom stereocenters. The van der Waals surface area contributed by atoms with Crippen molar-refractivity contribution in [3.05, 3.63) is 71.3 Å². The zero-order valence-electron chi connectivity index (χ0n) is 20.9. The van der Waals surface area contributed by atoms with Crippen molar-refractivity contribution in [1.29, 1.82) is 0 Å². The number of nitrogens with one attached hydrogen (secondary N) is 1. The second-order valence-corrected chi connectivity index (χ2v) is 9.24. The van der Waals surface area contributed by atoms with Crippen LogP contribution in [0.15, 0.2) is 59.6 Å². The van der Waals surface area contributed by atoms with Crippen LogP contribution in [0.5, 0.6) is 0 Å². The van der Waals surface area contributed by atoms with Gasteiger partial charge in [-0.05, 0) is 30.4 Å². The molecule has 1 heterocycles. The molecule has 2 aliphatic rings. The molecule has 1 saturated carbocycles. The number of nitrogens with zero attached hydrogens (tertiary/aromatic N) is 2. The third kappa shape index (κ3) is 6.94. The highest BCUT2D eigenvalue weighted by Gasteiger charge is 2.46. The van der Waals surface area contributed by atoms with Crippen LogP contribution in [0.25, 0.3) is 0 Å². The Hall–Kier alpha value is -4.25. The molecule has 11 nitrogen and oxygen atoms in total. The average Bonchev–Trinajstić information content (AvgIpc) is 3.74. The highest BCUT2D eigenvalue weighted by molar-refractivity contribution is 6.02. The van der Waals surface area contributed by atoms with Crippen molar-refractivity contribution in [1.82, 2.24) is 10.2 Å². The monoisotopic (exact) mass is 521 g/mol. The molecule has 4 rings (SSSR count). The van der Waals surface area contributed by atoms with Crippen LogP contribution in [0.3, 0.4) is 0 Å². The number of amidine groups is 1. The van der Waals surface area contributed by atoms with Gasteiger partial charge in [0.25, 0.3) is 5.91 Å². The number of hydrogen-bond acceptors (Lipinski definition) is 7. The largest absolute Gasteiger partial charge is 0.451 e. The number of ether oxygens (including phenoxy) is 2. The van der Waals surface area contributed by atoms with Crippen LogP contribution in [0.2, 0.25) is 0 Å². The molecule has 0 bridgehead atoms. The normalized spacial score (nSPS) is 17.7. The second kappa shape index (κ2) is 12.3. The Labute approximate surface area is 220 Å². The van der Waals surface area contributed by atoms with Gasteiger partial charge in [-0.25, -0.2) is 4.79 Å². The van der Waals surface area contributed by atoms with Crippen LogP contribution in [0.4, 0.5) is 4.79 Å². The molecule has 1 aliphatic heterocycles. The van der Waals surface area contributed by atoms with Crippen LogP contribution < -0.4 is 16.8 Å². The van der Waals surface area contributed by atoms with Gasteiger partial charge in [-0.3, -0.25) is 14.4 Å². The molecule has 1 saturated heterocycles. The van der Waals surface area contributed by atoms with Crippen LogP contribution in [0.1, 0.15) is 36.0 Å². The van der Waals surface area contributed by atoms with Crippen LogP contribution in [0, 0.1) is 5.92 Å². The summed E-state index contributed by atoms with van der Waals surface area (Å²) in [7, 11) is 0. The maximum Gasteiger partial charge on any atom is 0.435 e. The van der Waals surface area contributed by atoms with Gasteiger partial charge in [0.15, 0.2) is 6.10 Å². The van der Waals surface area contributed by atoms with Crippen LogP contribution in [-0.2, 0) is 37.0 Å². The number of esters is 1. The van der Waals surface area contributed by atoms with Gasteiger partial charge in [-0.2, -0.15) is 4.99 Å². The molecule has 0 aromatic heterocycles. The summed E-state index contributed by atoms with van der Waals surface area (Å²) in [4.78, 5) is 54.5. The Balaban J connectivity index is 1.25. The van der Waals surface area contributed by atoms with Gasteiger partial charge in [0.1, 0.15) is 18.5 Å². The summed E-state index contributed by atoms with van der Waals surface area (Å²) in [5, 5.41) is 2.84. The molecule has 2 aromatic rings. The number of carbonyl (C=O) groups excluding carboxylic acids is 4. The fraction of sp³-hybridized carbons (Fsp3) is 0.370. The van der Waals surface area contributed by atoms with E-state index in [1.54, 1.807) is 24.3 Å². The minimum Gasteiger partial charge on any atom is -0.451 e. The lowest BCUT2D eigenvalue weighted by Crippen LogP contribution is -2.61. The lowest BCUT2D eigenvalue weighted by atomic mass is 9.99. The fourth-order valence-corrected chi connectivity index (χ4v) is 4.04. The van der Waals surface area contributed by atoms with E-state index < -0.39 is 24.2 Å². The van der Waals surface area contributed by atoms with Gasteiger partial charge in [-0.15, -0.1) is 0 Å². The van der Waals surface area contributed by atoms with Crippen molar-refractivity contribution in [2.24, 2.45) is 22.4 Å². The first-order valence-corrected chi connectivity index (χ1v) is 12.5. The molecule has 3 amide bonds. The molecular formula is C27H31N5O6. The van der Waals surface area contributed by atoms with Crippen molar-refractivity contribution < 1.29 is 28.7 Å². The number of likely N-dealkylation sites (tertiary alicyclic amines) is 1. The molecule has 38 heavy (non-hydrogen) atoms. The van der Waals surface area contributed by atoms with Gasteiger partial charge >= 0.3 is 12.1 Å². The smallest absolute Gasteiger partial charge is 0.435 e. The predicted molar refractivity (Wildman–Crippen MR) is 137 cm³/mol. The highest BCUT2D eigenvalue weighted by Crippen LogP contribution is 2.36. The SMILES string of the molecule is NCC(=O)O[C@@H](C(=O)N1CC[C@H]1C(=O)NCc1ccc(C(N)=NC(=O)OCc2ccccc2)cc1)C1CC1. The molecule has 5 N–H and O–H groups in total. The van der Waals surface area contributed by atoms with Crippen molar-refractivity contribution >= 4 is 29.7 Å². The molecule has 0 radical (unpaired) electrons. The highest BCUT2D eigenvalue weighted by atomic mass is 16.6. The summed E-state index contributed by atoms with van der Waals surface area (Å²) in [6.45, 7) is 0.470. The van der Waals surface area contributed by atoms with Crippen molar-refractivity contribution in [3.8, 4) is 0 Å². The molecule has 1 aliphatic carbocycles. The minimum absolute atomic E-state index is 0.0116. The minimum atomic E-state index is -0.878. The van der Waals surface area contributed by atoms with E-state index in [9.17, 15) is 19.2 Å². The van der Waals surface area contributed by atoms with Gasteiger partial charge in [0.05, 0.1) is 6.54 Å². The fourth-order valence-electron chi connectivity index (χ4n) is 4.04. The average molecular weight is 522 g/mol. The molecule has 0 unspecified atom stereocenters. The number of amides is 3. The maximum atomic E-state index is 12.9. The van der Waals surface area contributed by atoms with E-state index in [0.717, 1.165) is 24.0 Å². The lowest BCUT2D eigenvalue weighted by molar-refractivity contribution is -0.166. The number of rotatable bonds is 10. The van der Waals surface area contributed by atoms with Crippen molar-refractivity contribution in [2.75, 3.05) is 13.1 Å². The van der Waals surface area contributed by atoms with Crippen LogP contribution in [-0.4, -0.2) is 59.8 Å². The van der Waals surface area contributed by atoms with E-state index in [4.69, 9.17) is 20.9 Å². The first-order chi connectivity index (χ1) is 18.4. The molecule has 0 spiro atoms. The Morgan fingerprint density at radius 1 is 1.00 bits per heavy atom. The quantitative estimate of drug-likeness (QED) is 0.238. The molecule has 200 valence electrons. The van der Waals surface area contributed by atoms with E-state index in [-0.39, 0.29) is 43.3 Å². The van der Waals surface area contributed by atoms with Gasteiger partial charge < -0.3 is 31.2 Å². The van der Waals surface area contributed by atoms with E-state index in [0.29, 0.717) is 18.5 Å². The van der Waals surface area contributed by atoms with Crippen LogP contribution >= 0.6 is 0 Å². The summed E-state index contributed by atoms with van der Waals surface area (Å²) < 4.78 is 10.4. The standard InChI is InChI=1S/C27H31N5O6/c28-14-22(33)38-23(19-10-11-19)26(35)32-13-12-21(32)25(34)30-15-17-6-8-20(9-7-17)24(29)31-27(36)37-16-18-4-2-1-3-5-18/h1-9,19,21,23H,10-16,28H2,(H,30,34)(H2,29,31,36)/t21-,23+/m0/s1. The van der Waals surface area contributed by atoms with E-state index >= 15 is 0 Å². The summed E-state index contributed by atoms with van der Waals surface area (Å²) in [5.74, 6) is -1.25. The molecule has 2 aromatic carbocycles. The zero-order chi connectivity index (χ0) is 27.1. The van der Waals surface area contributed by atoms with E-state index in [1.165, 1.54) is 4.90 Å². The van der Waals surface area contributed by atoms with Gasteiger partial charge in [0.2, 0.25) is 5.91 Å². The molecular weight excluding hydrogens is 490 g/mol. The summed E-state index contributed by atoms with van der Waals surface area (Å²) in [6.07, 6.45) is 0.477. The predicted octanol–water partition coefficient (Wildman–Crippen LogP) is 1.23. The number of hydrogen-bond donors (Lipinski definition) is 3.